The van der Waals surface area contributed by atoms with E-state index in [2.05, 4.69) is 65.1 Å². The van der Waals surface area contributed by atoms with Crippen LogP contribution in [0.15, 0.2) is 24.3 Å². The monoisotopic (exact) mass is 340 g/mol. The summed E-state index contributed by atoms with van der Waals surface area (Å²) in [6.07, 6.45) is 8.42. The van der Waals surface area contributed by atoms with Gasteiger partial charge in [-0.1, -0.05) is 51.0 Å². The molecule has 4 heteroatoms. The Morgan fingerprint density at radius 3 is 2.64 bits per heavy atom. The Morgan fingerprint density at radius 1 is 1.12 bits per heavy atom. The van der Waals surface area contributed by atoms with Crippen LogP contribution >= 0.6 is 0 Å². The number of fused-ring (bicyclic) bond motifs is 1. The van der Waals surface area contributed by atoms with Gasteiger partial charge in [0.05, 0.1) is 6.04 Å². The summed E-state index contributed by atoms with van der Waals surface area (Å²) in [6, 6.07) is 9.76. The summed E-state index contributed by atoms with van der Waals surface area (Å²) >= 11 is 0. The number of hydrogen-bond donors (Lipinski definition) is 1. The van der Waals surface area contributed by atoms with E-state index in [0.717, 1.165) is 31.0 Å². The van der Waals surface area contributed by atoms with E-state index in [1.807, 2.05) is 0 Å². The van der Waals surface area contributed by atoms with Gasteiger partial charge in [-0.2, -0.15) is 0 Å². The molecule has 0 saturated heterocycles. The van der Waals surface area contributed by atoms with Gasteiger partial charge in [-0.15, -0.1) is 10.2 Å². The molecule has 0 radical (unpaired) electrons. The molecule has 0 fully saturated rings. The standard InChI is InChI=1S/C21H32N4/c1-4-6-7-9-17-11-13-18(14-12-17)19(5-2)22-16(3)21-24-23-20-10-8-15-25(20)21/h11-14,16,19,22H,4-10,15H2,1-3H3/t16-,19+/m1/s1. The average Bonchev–Trinajstić information content (AvgIpc) is 3.24. The number of nitrogens with zero attached hydrogens (tertiary/aromatic N) is 3. The normalized spacial score (nSPS) is 16.0. The molecule has 0 unspecified atom stereocenters. The number of aromatic nitrogens is 3. The fourth-order valence-electron chi connectivity index (χ4n) is 3.82. The van der Waals surface area contributed by atoms with E-state index in [1.54, 1.807) is 0 Å². The molecule has 0 spiro atoms. The molecule has 0 bridgehead atoms. The highest BCUT2D eigenvalue weighted by Gasteiger charge is 2.23. The van der Waals surface area contributed by atoms with Gasteiger partial charge in [-0.25, -0.2) is 0 Å². The van der Waals surface area contributed by atoms with Crippen LogP contribution in [-0.2, 0) is 19.4 Å². The maximum Gasteiger partial charge on any atom is 0.149 e. The Hall–Kier alpha value is -1.68. The summed E-state index contributed by atoms with van der Waals surface area (Å²) in [5.41, 5.74) is 2.82. The van der Waals surface area contributed by atoms with Crippen molar-refractivity contribution in [1.82, 2.24) is 20.1 Å². The maximum absolute atomic E-state index is 4.43. The Labute approximate surface area is 152 Å². The van der Waals surface area contributed by atoms with E-state index in [-0.39, 0.29) is 6.04 Å². The van der Waals surface area contributed by atoms with Crippen LogP contribution in [0.5, 0.6) is 0 Å². The van der Waals surface area contributed by atoms with Crippen molar-refractivity contribution in [2.24, 2.45) is 0 Å². The summed E-state index contributed by atoms with van der Waals surface area (Å²) in [5, 5.41) is 12.5. The van der Waals surface area contributed by atoms with Crippen molar-refractivity contribution in [3.63, 3.8) is 0 Å². The van der Waals surface area contributed by atoms with E-state index in [9.17, 15) is 0 Å². The van der Waals surface area contributed by atoms with Gasteiger partial charge in [-0.3, -0.25) is 0 Å². The van der Waals surface area contributed by atoms with Gasteiger partial charge in [0, 0.05) is 19.0 Å². The molecule has 25 heavy (non-hydrogen) atoms. The van der Waals surface area contributed by atoms with E-state index < -0.39 is 0 Å². The van der Waals surface area contributed by atoms with Crippen molar-refractivity contribution in [3.05, 3.63) is 47.0 Å². The van der Waals surface area contributed by atoms with Crippen molar-refractivity contribution in [3.8, 4) is 0 Å². The van der Waals surface area contributed by atoms with E-state index in [4.69, 9.17) is 0 Å². The molecular formula is C21H32N4. The molecule has 1 N–H and O–H groups in total. The molecular weight excluding hydrogens is 308 g/mol. The smallest absolute Gasteiger partial charge is 0.149 e. The van der Waals surface area contributed by atoms with Crippen LogP contribution in [0.2, 0.25) is 0 Å². The molecule has 2 atom stereocenters. The third-order valence-corrected chi connectivity index (χ3v) is 5.34. The highest BCUT2D eigenvalue weighted by molar-refractivity contribution is 5.25. The minimum Gasteiger partial charge on any atom is -0.314 e. The van der Waals surface area contributed by atoms with E-state index in [1.165, 1.54) is 43.2 Å². The lowest BCUT2D eigenvalue weighted by atomic mass is 9.99. The predicted molar refractivity (Wildman–Crippen MR) is 103 cm³/mol. The van der Waals surface area contributed by atoms with Crippen LogP contribution in [0.4, 0.5) is 0 Å². The molecule has 1 aromatic heterocycles. The van der Waals surface area contributed by atoms with Crippen LogP contribution < -0.4 is 5.32 Å². The molecule has 2 aromatic rings. The summed E-state index contributed by atoms with van der Waals surface area (Å²) in [6.45, 7) is 7.77. The first-order valence-corrected chi connectivity index (χ1v) is 9.99. The number of aryl methyl sites for hydroxylation is 2. The van der Waals surface area contributed by atoms with Crippen molar-refractivity contribution in [2.45, 2.75) is 84.3 Å². The highest BCUT2D eigenvalue weighted by atomic mass is 15.3. The summed E-state index contributed by atoms with van der Waals surface area (Å²) in [5.74, 6) is 2.23. The summed E-state index contributed by atoms with van der Waals surface area (Å²) in [4.78, 5) is 0. The molecule has 0 aliphatic carbocycles. The number of rotatable bonds is 9. The maximum atomic E-state index is 4.43. The number of nitrogens with one attached hydrogen (secondary N) is 1. The lowest BCUT2D eigenvalue weighted by Gasteiger charge is -2.22. The first kappa shape index (κ1) is 18.1. The Balaban J connectivity index is 1.63. The van der Waals surface area contributed by atoms with Crippen molar-refractivity contribution in [2.75, 3.05) is 0 Å². The molecule has 0 amide bonds. The minimum atomic E-state index is 0.216. The predicted octanol–water partition coefficient (Wildman–Crippen LogP) is 4.76. The second-order valence-electron chi connectivity index (χ2n) is 7.28. The molecule has 3 rings (SSSR count). The molecule has 1 aliphatic heterocycles. The van der Waals surface area contributed by atoms with Gasteiger partial charge in [0.2, 0.25) is 0 Å². The fourth-order valence-corrected chi connectivity index (χ4v) is 3.82. The van der Waals surface area contributed by atoms with Crippen LogP contribution in [0, 0.1) is 0 Å². The zero-order chi connectivity index (χ0) is 17.6. The molecule has 0 saturated carbocycles. The van der Waals surface area contributed by atoms with Gasteiger partial charge in [0.15, 0.2) is 0 Å². The molecule has 1 aliphatic rings. The van der Waals surface area contributed by atoms with Gasteiger partial charge in [-0.05, 0) is 43.7 Å². The van der Waals surface area contributed by atoms with Crippen LogP contribution in [-0.4, -0.2) is 14.8 Å². The number of benzene rings is 1. The molecule has 1 aromatic carbocycles. The zero-order valence-corrected chi connectivity index (χ0v) is 16.0. The van der Waals surface area contributed by atoms with E-state index >= 15 is 0 Å². The largest absolute Gasteiger partial charge is 0.314 e. The van der Waals surface area contributed by atoms with Gasteiger partial charge >= 0.3 is 0 Å². The van der Waals surface area contributed by atoms with Crippen molar-refractivity contribution < 1.29 is 0 Å². The number of unbranched alkanes of at least 4 members (excludes halogenated alkanes) is 2. The van der Waals surface area contributed by atoms with E-state index in [0.29, 0.717) is 6.04 Å². The highest BCUT2D eigenvalue weighted by Crippen LogP contribution is 2.24. The van der Waals surface area contributed by atoms with Crippen LogP contribution in [0.1, 0.15) is 87.7 Å². The first-order valence-electron chi connectivity index (χ1n) is 9.99. The third-order valence-electron chi connectivity index (χ3n) is 5.34. The van der Waals surface area contributed by atoms with Gasteiger partial charge in [0.25, 0.3) is 0 Å². The topological polar surface area (TPSA) is 42.7 Å². The van der Waals surface area contributed by atoms with Gasteiger partial charge < -0.3 is 9.88 Å². The molecule has 136 valence electrons. The molecule has 4 nitrogen and oxygen atoms in total. The Bertz CT molecular complexity index is 659. The minimum absolute atomic E-state index is 0.216. The van der Waals surface area contributed by atoms with Crippen molar-refractivity contribution >= 4 is 0 Å². The lowest BCUT2D eigenvalue weighted by Crippen LogP contribution is -2.26. The molecule has 2 heterocycles. The first-order chi connectivity index (χ1) is 12.2. The van der Waals surface area contributed by atoms with Crippen LogP contribution in [0.25, 0.3) is 0 Å². The Morgan fingerprint density at radius 2 is 1.92 bits per heavy atom. The van der Waals surface area contributed by atoms with Crippen LogP contribution in [0.3, 0.4) is 0 Å². The SMILES string of the molecule is CCCCCc1ccc([C@H](CC)N[C@H](C)c2nnc3n2CCC3)cc1. The summed E-state index contributed by atoms with van der Waals surface area (Å²) in [7, 11) is 0. The Kier molecular flexibility index (Phi) is 6.24. The average molecular weight is 341 g/mol. The quantitative estimate of drug-likeness (QED) is 0.669. The second-order valence-corrected chi connectivity index (χ2v) is 7.28. The second kappa shape index (κ2) is 8.61. The number of hydrogen-bond acceptors (Lipinski definition) is 3. The summed E-state index contributed by atoms with van der Waals surface area (Å²) < 4.78 is 2.29. The zero-order valence-electron chi connectivity index (χ0n) is 16.0. The lowest BCUT2D eigenvalue weighted by molar-refractivity contribution is 0.430. The fraction of sp³-hybridized carbons (Fsp3) is 0.619. The van der Waals surface area contributed by atoms with Crippen molar-refractivity contribution in [1.29, 1.82) is 0 Å². The third kappa shape index (κ3) is 4.30. The van der Waals surface area contributed by atoms with Gasteiger partial charge in [0.1, 0.15) is 11.6 Å².